The fraction of sp³-hybridized carbons (Fsp3) is 1.00. The van der Waals surface area contributed by atoms with E-state index in [1.54, 1.807) is 0 Å². The van der Waals surface area contributed by atoms with Crippen molar-refractivity contribution in [3.63, 3.8) is 0 Å². The first-order valence-electron chi connectivity index (χ1n) is 3.36. The van der Waals surface area contributed by atoms with Crippen LogP contribution in [0.15, 0.2) is 0 Å². The number of rotatable bonds is 1. The molecule has 0 unspecified atom stereocenters. The quantitative estimate of drug-likeness (QED) is 0.483. The van der Waals surface area contributed by atoms with Crippen molar-refractivity contribution in [2.24, 2.45) is 0 Å². The molecule has 0 atom stereocenters. The summed E-state index contributed by atoms with van der Waals surface area (Å²) in [5, 5.41) is 0. The van der Waals surface area contributed by atoms with Crippen molar-refractivity contribution < 1.29 is 0 Å². The van der Waals surface area contributed by atoms with Crippen molar-refractivity contribution in [2.45, 2.75) is 37.6 Å². The van der Waals surface area contributed by atoms with Gasteiger partial charge in [0.1, 0.15) is 0 Å². The van der Waals surface area contributed by atoms with Gasteiger partial charge in [0.25, 0.3) is 0 Å². The lowest BCUT2D eigenvalue weighted by Crippen LogP contribution is -2.07. The van der Waals surface area contributed by atoms with Gasteiger partial charge in [-0.2, -0.15) is 0 Å². The summed E-state index contributed by atoms with van der Waals surface area (Å²) in [6, 6.07) is 0. The molecule has 0 aliphatic heterocycles. The third-order valence-corrected chi connectivity index (χ3v) is 4.02. The van der Waals surface area contributed by atoms with Crippen LogP contribution in [0.1, 0.15) is 32.1 Å². The maximum atomic E-state index is 3.58. The average molecular weight is 139 g/mol. The molecule has 1 rings (SSSR count). The molecule has 8 heavy (non-hydrogen) atoms. The van der Waals surface area contributed by atoms with E-state index in [0.29, 0.717) is 0 Å². The van der Waals surface area contributed by atoms with Gasteiger partial charge in [0.15, 0.2) is 0 Å². The van der Waals surface area contributed by atoms with E-state index in [-0.39, 0.29) is 0 Å². The Morgan fingerprint density at radius 2 is 1.75 bits per heavy atom. The Morgan fingerprint density at radius 1 is 1.12 bits per heavy atom. The maximum absolute atomic E-state index is 3.58. The zero-order valence-electron chi connectivity index (χ0n) is 5.11. The summed E-state index contributed by atoms with van der Waals surface area (Å²) in [5.74, 6) is 0. The average Bonchev–Trinajstić information content (AvgIpc) is 1.90. The van der Waals surface area contributed by atoms with Crippen molar-refractivity contribution in [2.75, 3.05) is 0 Å². The minimum atomic E-state index is 1.01. The van der Waals surface area contributed by atoms with Gasteiger partial charge in [0.05, 0.1) is 0 Å². The van der Waals surface area contributed by atoms with Crippen LogP contribution in [0.3, 0.4) is 0 Å². The number of hydrogen-bond acceptors (Lipinski definition) is 0. The molecule has 0 aromatic heterocycles. The van der Waals surface area contributed by atoms with Gasteiger partial charge in [-0.3, -0.25) is 0 Å². The first-order chi connectivity index (χ1) is 3.93. The van der Waals surface area contributed by atoms with Crippen LogP contribution in [0.4, 0.5) is 0 Å². The van der Waals surface area contributed by atoms with E-state index in [1.807, 2.05) is 0 Å². The Balaban J connectivity index is 2.13. The summed E-state index contributed by atoms with van der Waals surface area (Å²) in [4.78, 5) is 0. The predicted molar refractivity (Wildman–Crippen MR) is 38.3 cm³/mol. The zero-order chi connectivity index (χ0) is 5.82. The van der Waals surface area contributed by atoms with Crippen LogP contribution >= 0.6 is 0 Å². The summed E-state index contributed by atoms with van der Waals surface area (Å²) < 4.78 is 0. The second kappa shape index (κ2) is 3.46. The lowest BCUT2D eigenvalue weighted by Gasteiger charge is -2.18. The van der Waals surface area contributed by atoms with Crippen LogP contribution in [-0.4, -0.2) is 18.8 Å². The fourth-order valence-corrected chi connectivity index (χ4v) is 2.81. The van der Waals surface area contributed by atoms with Gasteiger partial charge in [0, 0.05) is 18.8 Å². The van der Waals surface area contributed by atoms with Crippen molar-refractivity contribution >= 4 is 18.8 Å². The summed E-state index contributed by atoms with van der Waals surface area (Å²) in [5.41, 5.74) is 1.03. The number of hydrogen-bond donors (Lipinski definition) is 0. The van der Waals surface area contributed by atoms with E-state index in [1.165, 1.54) is 32.1 Å². The molecule has 0 saturated heterocycles. The van der Waals surface area contributed by atoms with Crippen LogP contribution in [0.5, 0.6) is 0 Å². The highest BCUT2D eigenvalue weighted by Crippen LogP contribution is 2.26. The Morgan fingerprint density at radius 3 is 2.12 bits per heavy atom. The normalized spacial score (nSPS) is 23.6. The van der Waals surface area contributed by atoms with E-state index in [4.69, 9.17) is 0 Å². The van der Waals surface area contributed by atoms with E-state index in [0.717, 1.165) is 14.6 Å². The third-order valence-electron chi connectivity index (χ3n) is 1.81. The minimum Gasteiger partial charge on any atom is -0.0535 e. The molecule has 1 aliphatic carbocycles. The molecule has 5 radical (unpaired) electrons. The molecule has 43 valence electrons. The SMILES string of the molecule is [Si][Si]C1CCCCC1. The van der Waals surface area contributed by atoms with Gasteiger partial charge in [-0.05, 0) is 0 Å². The second-order valence-corrected chi connectivity index (χ2v) is 4.45. The summed E-state index contributed by atoms with van der Waals surface area (Å²) in [6.45, 7) is 0. The monoisotopic (exact) mass is 139 g/mol. The van der Waals surface area contributed by atoms with Gasteiger partial charge >= 0.3 is 0 Å². The van der Waals surface area contributed by atoms with Gasteiger partial charge in [-0.15, -0.1) is 0 Å². The van der Waals surface area contributed by atoms with Gasteiger partial charge in [-0.25, -0.2) is 0 Å². The molecule has 1 aliphatic rings. The van der Waals surface area contributed by atoms with Crippen molar-refractivity contribution in [3.05, 3.63) is 0 Å². The minimum absolute atomic E-state index is 1.01. The molecule has 0 bridgehead atoms. The standard InChI is InChI=1S/C6H11Si2/c7-8-6-4-2-1-3-5-6/h6H,1-5H2. The maximum Gasteiger partial charge on any atom is 0.0221 e. The molecule has 0 aromatic carbocycles. The molecule has 0 N–H and O–H groups in total. The van der Waals surface area contributed by atoms with Crippen molar-refractivity contribution in [1.29, 1.82) is 0 Å². The summed E-state index contributed by atoms with van der Waals surface area (Å²) in [7, 11) is 4.60. The molecule has 0 nitrogen and oxygen atoms in total. The molecule has 2 heteroatoms. The van der Waals surface area contributed by atoms with E-state index in [9.17, 15) is 0 Å². The molecule has 0 amide bonds. The molecular weight excluding hydrogens is 128 g/mol. The highest BCUT2D eigenvalue weighted by atomic mass is 29.1. The Kier molecular flexibility index (Phi) is 2.83. The molecule has 1 saturated carbocycles. The van der Waals surface area contributed by atoms with Crippen LogP contribution in [0.2, 0.25) is 5.54 Å². The predicted octanol–water partition coefficient (Wildman–Crippen LogP) is 1.53. The summed E-state index contributed by atoms with van der Waals surface area (Å²) in [6.07, 6.45) is 7.38. The Bertz CT molecular complexity index is 57.5. The van der Waals surface area contributed by atoms with E-state index < -0.39 is 0 Å². The molecule has 0 spiro atoms. The topological polar surface area (TPSA) is 0 Å². The molecular formula is C6H11Si2. The molecule has 0 aromatic rings. The van der Waals surface area contributed by atoms with Gasteiger partial charge < -0.3 is 0 Å². The highest BCUT2D eigenvalue weighted by Gasteiger charge is 2.10. The van der Waals surface area contributed by atoms with E-state index in [2.05, 4.69) is 9.76 Å². The van der Waals surface area contributed by atoms with Crippen LogP contribution < -0.4 is 0 Å². The zero-order valence-corrected chi connectivity index (χ0v) is 7.11. The van der Waals surface area contributed by atoms with E-state index >= 15 is 0 Å². The summed E-state index contributed by atoms with van der Waals surface area (Å²) >= 11 is 0. The molecule has 1 fully saturated rings. The lowest BCUT2D eigenvalue weighted by atomic mass is 10.0. The first kappa shape index (κ1) is 6.55. The lowest BCUT2D eigenvalue weighted by molar-refractivity contribution is 0.503. The first-order valence-corrected chi connectivity index (χ1v) is 5.93. The second-order valence-electron chi connectivity index (χ2n) is 2.48. The smallest absolute Gasteiger partial charge is 0.0221 e. The largest absolute Gasteiger partial charge is 0.0535 e. The van der Waals surface area contributed by atoms with Gasteiger partial charge in [0.2, 0.25) is 0 Å². The van der Waals surface area contributed by atoms with Crippen LogP contribution in [0.25, 0.3) is 0 Å². The Hall–Kier alpha value is 0.434. The van der Waals surface area contributed by atoms with Crippen LogP contribution in [-0.2, 0) is 0 Å². The fourth-order valence-electron chi connectivity index (χ4n) is 1.25. The third kappa shape index (κ3) is 1.74. The van der Waals surface area contributed by atoms with Crippen molar-refractivity contribution in [1.82, 2.24) is 0 Å². The Labute approximate surface area is 57.1 Å². The molecule has 0 heterocycles. The van der Waals surface area contributed by atoms with Crippen LogP contribution in [0, 0.1) is 0 Å². The highest BCUT2D eigenvalue weighted by molar-refractivity contribution is 6.90. The van der Waals surface area contributed by atoms with Crippen molar-refractivity contribution in [3.8, 4) is 0 Å². The van der Waals surface area contributed by atoms with Gasteiger partial charge in [-0.1, -0.05) is 37.6 Å².